The first-order chi connectivity index (χ1) is 20.4. The average molecular weight is 571 g/mol. The van der Waals surface area contributed by atoms with Crippen molar-refractivity contribution in [3.63, 3.8) is 0 Å². The zero-order valence-electron chi connectivity index (χ0n) is 27.9. The maximum absolute atomic E-state index is 13.7. The molecule has 42 heavy (non-hydrogen) atoms. The van der Waals surface area contributed by atoms with Gasteiger partial charge in [-0.2, -0.15) is 0 Å². The largest absolute Gasteiger partial charge is 0.377 e. The highest BCUT2D eigenvalue weighted by Crippen LogP contribution is 2.35. The Morgan fingerprint density at radius 2 is 1.67 bits per heavy atom. The average Bonchev–Trinajstić information content (AvgIpc) is 3.02. The van der Waals surface area contributed by atoms with Crippen LogP contribution in [0.15, 0.2) is 84.1 Å². The van der Waals surface area contributed by atoms with Gasteiger partial charge in [-0.05, 0) is 93.1 Å². The first kappa shape index (κ1) is 35.1. The quantitative estimate of drug-likeness (QED) is 0.229. The molecule has 0 fully saturated rings. The van der Waals surface area contributed by atoms with Crippen molar-refractivity contribution in [2.45, 2.75) is 106 Å². The van der Waals surface area contributed by atoms with Gasteiger partial charge in [-0.1, -0.05) is 113 Å². The van der Waals surface area contributed by atoms with Gasteiger partial charge in [0, 0.05) is 19.3 Å². The lowest BCUT2D eigenvalue weighted by atomic mass is 9.82. The predicted octanol–water partition coefficient (Wildman–Crippen LogP) is 10.5. The Morgan fingerprint density at radius 3 is 2.33 bits per heavy atom. The van der Waals surface area contributed by atoms with E-state index < -0.39 is 0 Å². The Balaban J connectivity index is 0.00000301. The summed E-state index contributed by atoms with van der Waals surface area (Å²) in [5.74, 6) is 0.265. The predicted molar refractivity (Wildman–Crippen MR) is 183 cm³/mol. The summed E-state index contributed by atoms with van der Waals surface area (Å²) in [4.78, 5) is 16.1. The molecule has 0 saturated heterocycles. The number of allylic oxidation sites excluding steroid dienone is 4. The van der Waals surface area contributed by atoms with Crippen molar-refractivity contribution in [2.75, 3.05) is 13.6 Å². The second kappa shape index (κ2) is 19.2. The lowest BCUT2D eigenvalue weighted by Gasteiger charge is -2.30. The zero-order chi connectivity index (χ0) is 30.9. The molecule has 3 heteroatoms. The van der Waals surface area contributed by atoms with Gasteiger partial charge in [0.15, 0.2) is 0 Å². The molecule has 0 saturated carbocycles. The van der Waals surface area contributed by atoms with Crippen molar-refractivity contribution in [1.29, 1.82) is 0 Å². The molecule has 0 aliphatic heterocycles. The molecule has 230 valence electrons. The van der Waals surface area contributed by atoms with Crippen LogP contribution < -0.4 is 5.32 Å². The monoisotopic (exact) mass is 570 g/mol. The number of unbranched alkanes of at least 4 members (excludes halogenated alkanes) is 1. The topological polar surface area (TPSA) is 32.3 Å². The molecule has 0 spiro atoms. The lowest BCUT2D eigenvalue weighted by Crippen LogP contribution is -2.36. The summed E-state index contributed by atoms with van der Waals surface area (Å²) >= 11 is 0. The van der Waals surface area contributed by atoms with Gasteiger partial charge in [0.2, 0.25) is 5.91 Å². The normalized spacial score (nSPS) is 16.0. The fourth-order valence-corrected chi connectivity index (χ4v) is 6.07. The summed E-state index contributed by atoms with van der Waals surface area (Å²) in [6.07, 6.45) is 15.8. The van der Waals surface area contributed by atoms with Crippen LogP contribution in [0.3, 0.4) is 0 Å². The Morgan fingerprint density at radius 1 is 1.00 bits per heavy atom. The number of benzene rings is 2. The number of carbonyl (C=O) groups is 1. The standard InChI is InChI=1S/C37H52N2O.C2H6/c1-7-9-19-29(4)36(37(40)38-30(5)32-22-11-10-12-23-32)31(8-2)21-17-18-27-39(6)35-26-16-15-25-34(35)33-24-14-13-20-28(33)3;1-2/h8,10-14,17,20-24,29-30,36H,7,9,15-16,18-19,25-27H2,1-6H3,(H,38,40);1-2H3/b21-17-,31-8+;/t29?,30-,36?;/m0./s1. The van der Waals surface area contributed by atoms with Crippen LogP contribution in [-0.4, -0.2) is 24.4 Å². The van der Waals surface area contributed by atoms with Gasteiger partial charge in [0.25, 0.3) is 0 Å². The van der Waals surface area contributed by atoms with Crippen molar-refractivity contribution in [1.82, 2.24) is 10.2 Å². The summed E-state index contributed by atoms with van der Waals surface area (Å²) in [6, 6.07) is 19.0. The van der Waals surface area contributed by atoms with Gasteiger partial charge in [-0.3, -0.25) is 4.79 Å². The number of carbonyl (C=O) groups excluding carboxylic acids is 1. The number of hydrogen-bond donors (Lipinski definition) is 1. The van der Waals surface area contributed by atoms with Gasteiger partial charge >= 0.3 is 0 Å². The van der Waals surface area contributed by atoms with E-state index in [1.165, 1.54) is 35.2 Å². The molecule has 1 aliphatic rings. The summed E-state index contributed by atoms with van der Waals surface area (Å²) in [6.45, 7) is 15.8. The third kappa shape index (κ3) is 10.3. The van der Waals surface area contributed by atoms with Crippen molar-refractivity contribution in [3.8, 4) is 0 Å². The number of nitrogens with one attached hydrogen (secondary N) is 1. The molecule has 1 aliphatic carbocycles. The molecule has 1 N–H and O–H groups in total. The van der Waals surface area contributed by atoms with Crippen molar-refractivity contribution in [2.24, 2.45) is 11.8 Å². The Labute approximate surface area is 258 Å². The van der Waals surface area contributed by atoms with Gasteiger partial charge < -0.3 is 10.2 Å². The SMILES string of the molecule is C/C=C(\C=C/CCN(C)C1=C(c2ccccc2C)CCCC1)C(C(=O)N[C@@H](C)c1ccccc1)C(C)CCCC.CC. The molecule has 2 aromatic carbocycles. The summed E-state index contributed by atoms with van der Waals surface area (Å²) < 4.78 is 0. The van der Waals surface area contributed by atoms with Crippen molar-refractivity contribution < 1.29 is 4.79 Å². The van der Waals surface area contributed by atoms with E-state index in [2.05, 4.69) is 107 Å². The van der Waals surface area contributed by atoms with Crippen molar-refractivity contribution >= 4 is 11.5 Å². The van der Waals surface area contributed by atoms with Gasteiger partial charge in [-0.15, -0.1) is 0 Å². The smallest absolute Gasteiger partial charge is 0.228 e. The molecule has 0 radical (unpaired) electrons. The van der Waals surface area contributed by atoms with Crippen LogP contribution >= 0.6 is 0 Å². The van der Waals surface area contributed by atoms with Crippen LogP contribution in [0.4, 0.5) is 0 Å². The number of hydrogen-bond acceptors (Lipinski definition) is 2. The molecule has 3 rings (SSSR count). The van der Waals surface area contributed by atoms with Gasteiger partial charge in [0.1, 0.15) is 0 Å². The van der Waals surface area contributed by atoms with E-state index in [4.69, 9.17) is 0 Å². The first-order valence-corrected chi connectivity index (χ1v) is 16.5. The van der Waals surface area contributed by atoms with E-state index in [0.29, 0.717) is 0 Å². The fraction of sp³-hybridized carbons (Fsp3) is 0.513. The minimum Gasteiger partial charge on any atom is -0.377 e. The molecule has 3 atom stereocenters. The van der Waals surface area contributed by atoms with Crippen LogP contribution in [0.1, 0.15) is 116 Å². The van der Waals surface area contributed by atoms with Crippen molar-refractivity contribution in [3.05, 3.63) is 101 Å². The van der Waals surface area contributed by atoms with E-state index in [9.17, 15) is 4.79 Å². The van der Waals surface area contributed by atoms with Crippen LogP contribution in [-0.2, 0) is 4.79 Å². The molecule has 0 aromatic heterocycles. The molecule has 0 bridgehead atoms. The Bertz CT molecular complexity index is 1160. The second-order valence-corrected chi connectivity index (χ2v) is 11.6. The summed E-state index contributed by atoms with van der Waals surface area (Å²) in [7, 11) is 2.25. The minimum absolute atomic E-state index is 0.0171. The molecule has 0 heterocycles. The van der Waals surface area contributed by atoms with Crippen LogP contribution in [0.2, 0.25) is 0 Å². The van der Waals surface area contributed by atoms with Crippen LogP contribution in [0, 0.1) is 18.8 Å². The third-order valence-electron chi connectivity index (χ3n) is 8.53. The number of aryl methyl sites for hydroxylation is 1. The summed E-state index contributed by atoms with van der Waals surface area (Å²) in [5, 5.41) is 3.32. The van der Waals surface area contributed by atoms with Crippen LogP contribution in [0.25, 0.3) is 5.57 Å². The highest BCUT2D eigenvalue weighted by atomic mass is 16.2. The van der Waals surface area contributed by atoms with Gasteiger partial charge in [0.05, 0.1) is 12.0 Å². The van der Waals surface area contributed by atoms with E-state index in [-0.39, 0.29) is 23.8 Å². The molecule has 2 unspecified atom stereocenters. The maximum Gasteiger partial charge on any atom is 0.228 e. The highest BCUT2D eigenvalue weighted by molar-refractivity contribution is 5.83. The van der Waals surface area contributed by atoms with E-state index in [0.717, 1.165) is 56.2 Å². The minimum atomic E-state index is -0.148. The number of nitrogens with zero attached hydrogens (tertiary/aromatic N) is 1. The Hall–Kier alpha value is -3.07. The van der Waals surface area contributed by atoms with E-state index in [1.807, 2.05) is 32.0 Å². The highest BCUT2D eigenvalue weighted by Gasteiger charge is 2.28. The zero-order valence-corrected chi connectivity index (χ0v) is 27.9. The fourth-order valence-electron chi connectivity index (χ4n) is 6.07. The maximum atomic E-state index is 13.7. The van der Waals surface area contributed by atoms with E-state index >= 15 is 0 Å². The molecular formula is C39H58N2O. The second-order valence-electron chi connectivity index (χ2n) is 11.6. The lowest BCUT2D eigenvalue weighted by molar-refractivity contribution is -0.125. The number of rotatable bonds is 14. The first-order valence-electron chi connectivity index (χ1n) is 16.5. The molecule has 3 nitrogen and oxygen atoms in total. The molecule has 1 amide bonds. The van der Waals surface area contributed by atoms with Gasteiger partial charge in [-0.25, -0.2) is 0 Å². The van der Waals surface area contributed by atoms with Crippen LogP contribution in [0.5, 0.6) is 0 Å². The molecular weight excluding hydrogens is 512 g/mol. The molecule has 2 aromatic rings. The third-order valence-corrected chi connectivity index (χ3v) is 8.53. The Kier molecular flexibility index (Phi) is 16.0. The van der Waals surface area contributed by atoms with E-state index in [1.54, 1.807) is 0 Å². The summed E-state index contributed by atoms with van der Waals surface area (Å²) in [5.41, 5.74) is 8.07. The number of amides is 1.